The number of piperidine rings is 1. The van der Waals surface area contributed by atoms with Crippen LogP contribution in [0, 0.1) is 0 Å². The van der Waals surface area contributed by atoms with Gasteiger partial charge in [0.2, 0.25) is 0 Å². The number of likely N-dealkylation sites (tertiary alicyclic amines) is 1. The fraction of sp³-hybridized carbons (Fsp3) is 0.467. The second-order valence-electron chi connectivity index (χ2n) is 5.09. The number of carboxylic acids is 1. The Hall–Kier alpha value is -1.36. The minimum absolute atomic E-state index is 0.00129. The van der Waals surface area contributed by atoms with Crippen molar-refractivity contribution in [2.75, 3.05) is 6.54 Å². The van der Waals surface area contributed by atoms with Gasteiger partial charge in [-0.25, -0.2) is 0 Å². The number of amides is 1. The summed E-state index contributed by atoms with van der Waals surface area (Å²) in [5.41, 5.74) is 0.654. The van der Waals surface area contributed by atoms with Crippen LogP contribution in [0.2, 0.25) is 0 Å². The quantitative estimate of drug-likeness (QED) is 0.915. The zero-order chi connectivity index (χ0) is 14.5. The van der Waals surface area contributed by atoms with Gasteiger partial charge in [0.25, 0.3) is 5.91 Å². The Labute approximate surface area is 126 Å². The molecule has 0 radical (unpaired) electrons. The number of halogens is 1. The third-order valence-corrected chi connectivity index (χ3v) is 4.14. The second kappa shape index (κ2) is 6.88. The first-order chi connectivity index (χ1) is 9.58. The zero-order valence-electron chi connectivity index (χ0n) is 11.2. The Morgan fingerprint density at radius 2 is 2.15 bits per heavy atom. The molecule has 0 aliphatic carbocycles. The topological polar surface area (TPSA) is 57.6 Å². The molecule has 0 saturated carbocycles. The lowest BCUT2D eigenvalue weighted by atomic mass is 9.97. The van der Waals surface area contributed by atoms with Gasteiger partial charge in [0.05, 0.1) is 0 Å². The van der Waals surface area contributed by atoms with Gasteiger partial charge in [0, 0.05) is 29.0 Å². The van der Waals surface area contributed by atoms with Crippen molar-refractivity contribution in [3.63, 3.8) is 0 Å². The smallest absolute Gasteiger partial charge is 0.303 e. The molecule has 1 saturated heterocycles. The van der Waals surface area contributed by atoms with E-state index in [0.717, 1.165) is 30.3 Å². The normalized spacial score (nSPS) is 18.9. The summed E-state index contributed by atoms with van der Waals surface area (Å²) in [5, 5.41) is 8.81. The van der Waals surface area contributed by atoms with Crippen LogP contribution in [0.1, 0.15) is 42.5 Å². The van der Waals surface area contributed by atoms with Gasteiger partial charge in [0.15, 0.2) is 0 Å². The molecule has 5 heteroatoms. The molecule has 1 fully saturated rings. The van der Waals surface area contributed by atoms with Crippen molar-refractivity contribution in [1.82, 2.24) is 4.90 Å². The van der Waals surface area contributed by atoms with Gasteiger partial charge in [-0.2, -0.15) is 0 Å². The minimum atomic E-state index is -0.801. The van der Waals surface area contributed by atoms with Crippen molar-refractivity contribution < 1.29 is 14.7 Å². The lowest BCUT2D eigenvalue weighted by Crippen LogP contribution is -2.43. The van der Waals surface area contributed by atoms with E-state index in [2.05, 4.69) is 15.9 Å². The molecule has 1 aliphatic rings. The lowest BCUT2D eigenvalue weighted by molar-refractivity contribution is -0.137. The highest BCUT2D eigenvalue weighted by molar-refractivity contribution is 9.10. The third kappa shape index (κ3) is 3.82. The molecule has 1 aromatic carbocycles. The summed E-state index contributed by atoms with van der Waals surface area (Å²) in [6, 6.07) is 7.38. The fourth-order valence-electron chi connectivity index (χ4n) is 2.65. The standard InChI is InChI=1S/C15H18BrNO3/c16-12-5-3-4-11(10-12)15(20)17-9-2-1-6-13(17)7-8-14(18)19/h3-5,10,13H,1-2,6-9H2,(H,18,19). The van der Waals surface area contributed by atoms with Gasteiger partial charge in [-0.05, 0) is 43.9 Å². The lowest BCUT2D eigenvalue weighted by Gasteiger charge is -2.35. The molecule has 1 heterocycles. The number of hydrogen-bond acceptors (Lipinski definition) is 2. The van der Waals surface area contributed by atoms with Crippen molar-refractivity contribution in [2.45, 2.75) is 38.1 Å². The Balaban J connectivity index is 2.10. The van der Waals surface area contributed by atoms with Crippen LogP contribution in [0.25, 0.3) is 0 Å². The van der Waals surface area contributed by atoms with Crippen molar-refractivity contribution in [3.05, 3.63) is 34.3 Å². The average Bonchev–Trinajstić information content (AvgIpc) is 2.44. The first-order valence-electron chi connectivity index (χ1n) is 6.86. The van der Waals surface area contributed by atoms with Crippen molar-refractivity contribution >= 4 is 27.8 Å². The summed E-state index contributed by atoms with van der Waals surface area (Å²) in [6.07, 6.45) is 3.60. The molecule has 1 atom stereocenters. The van der Waals surface area contributed by atoms with Crippen LogP contribution >= 0.6 is 15.9 Å². The van der Waals surface area contributed by atoms with Gasteiger partial charge in [-0.15, -0.1) is 0 Å². The third-order valence-electron chi connectivity index (χ3n) is 3.65. The average molecular weight is 340 g/mol. The van der Waals surface area contributed by atoms with Gasteiger partial charge in [-0.1, -0.05) is 22.0 Å². The van der Waals surface area contributed by atoms with E-state index in [9.17, 15) is 9.59 Å². The number of benzene rings is 1. The van der Waals surface area contributed by atoms with E-state index in [-0.39, 0.29) is 18.4 Å². The number of hydrogen-bond donors (Lipinski definition) is 1. The summed E-state index contributed by atoms with van der Waals surface area (Å²) in [7, 11) is 0. The highest BCUT2D eigenvalue weighted by Crippen LogP contribution is 2.24. The van der Waals surface area contributed by atoms with E-state index < -0.39 is 5.97 Å². The van der Waals surface area contributed by atoms with E-state index >= 15 is 0 Å². The molecule has 4 nitrogen and oxygen atoms in total. The predicted octanol–water partition coefficient (Wildman–Crippen LogP) is 3.31. The van der Waals surface area contributed by atoms with Crippen molar-refractivity contribution in [2.24, 2.45) is 0 Å². The highest BCUT2D eigenvalue weighted by atomic mass is 79.9. The van der Waals surface area contributed by atoms with Crippen LogP contribution in [-0.4, -0.2) is 34.5 Å². The molecule has 0 aromatic heterocycles. The largest absolute Gasteiger partial charge is 0.481 e. The van der Waals surface area contributed by atoms with Crippen molar-refractivity contribution in [1.29, 1.82) is 0 Å². The summed E-state index contributed by atoms with van der Waals surface area (Å²) in [5.74, 6) is -0.799. The maximum absolute atomic E-state index is 12.6. The number of carbonyl (C=O) groups is 2. The molecule has 1 aliphatic heterocycles. The molecule has 1 N–H and O–H groups in total. The van der Waals surface area contributed by atoms with Gasteiger partial charge in [-0.3, -0.25) is 9.59 Å². The van der Waals surface area contributed by atoms with E-state index in [4.69, 9.17) is 5.11 Å². The van der Waals surface area contributed by atoms with Gasteiger partial charge < -0.3 is 10.0 Å². The van der Waals surface area contributed by atoms with E-state index in [0.29, 0.717) is 12.0 Å². The highest BCUT2D eigenvalue weighted by Gasteiger charge is 2.27. The number of aliphatic carboxylic acids is 1. The van der Waals surface area contributed by atoms with E-state index in [1.807, 2.05) is 23.1 Å². The zero-order valence-corrected chi connectivity index (χ0v) is 12.8. The monoisotopic (exact) mass is 339 g/mol. The van der Waals surface area contributed by atoms with Crippen molar-refractivity contribution in [3.8, 4) is 0 Å². The Kier molecular flexibility index (Phi) is 5.17. The summed E-state index contributed by atoms with van der Waals surface area (Å²) in [4.78, 5) is 25.1. The molecule has 20 heavy (non-hydrogen) atoms. The van der Waals surface area contributed by atoms with E-state index in [1.165, 1.54) is 0 Å². The molecule has 0 bridgehead atoms. The molecule has 0 spiro atoms. The summed E-state index contributed by atoms with van der Waals surface area (Å²) >= 11 is 3.37. The maximum Gasteiger partial charge on any atom is 0.303 e. The number of carboxylic acid groups (broad SMARTS) is 1. The maximum atomic E-state index is 12.6. The Bertz CT molecular complexity index is 504. The number of carbonyl (C=O) groups excluding carboxylic acids is 1. The van der Waals surface area contributed by atoms with Crippen LogP contribution in [0.5, 0.6) is 0 Å². The molecule has 1 amide bonds. The van der Waals surface area contributed by atoms with Crippen LogP contribution in [0.4, 0.5) is 0 Å². The van der Waals surface area contributed by atoms with Crippen LogP contribution in [0.15, 0.2) is 28.7 Å². The van der Waals surface area contributed by atoms with Gasteiger partial charge >= 0.3 is 5.97 Å². The molecular weight excluding hydrogens is 322 g/mol. The van der Waals surface area contributed by atoms with Crippen LogP contribution in [-0.2, 0) is 4.79 Å². The Morgan fingerprint density at radius 1 is 1.35 bits per heavy atom. The number of nitrogens with zero attached hydrogens (tertiary/aromatic N) is 1. The molecular formula is C15H18BrNO3. The first kappa shape index (κ1) is 15.0. The molecule has 1 aromatic rings. The predicted molar refractivity (Wildman–Crippen MR) is 79.7 cm³/mol. The first-order valence-corrected chi connectivity index (χ1v) is 7.65. The molecule has 108 valence electrons. The summed E-state index contributed by atoms with van der Waals surface area (Å²) < 4.78 is 0.877. The molecule has 2 rings (SSSR count). The second-order valence-corrected chi connectivity index (χ2v) is 6.01. The SMILES string of the molecule is O=C(O)CCC1CCCCN1C(=O)c1cccc(Br)c1. The van der Waals surface area contributed by atoms with Gasteiger partial charge in [0.1, 0.15) is 0 Å². The summed E-state index contributed by atoms with van der Waals surface area (Å²) in [6.45, 7) is 0.718. The fourth-order valence-corrected chi connectivity index (χ4v) is 3.04. The molecule has 1 unspecified atom stereocenters. The van der Waals surface area contributed by atoms with Crippen LogP contribution < -0.4 is 0 Å². The minimum Gasteiger partial charge on any atom is -0.481 e. The Morgan fingerprint density at radius 3 is 2.85 bits per heavy atom. The van der Waals surface area contributed by atoms with E-state index in [1.54, 1.807) is 6.07 Å². The van der Waals surface area contributed by atoms with Crippen LogP contribution in [0.3, 0.4) is 0 Å². The number of rotatable bonds is 4.